The van der Waals surface area contributed by atoms with E-state index in [-0.39, 0.29) is 28.8 Å². The van der Waals surface area contributed by atoms with Gasteiger partial charge in [-0.25, -0.2) is 0 Å². The number of hydrogen-bond donors (Lipinski definition) is 1. The summed E-state index contributed by atoms with van der Waals surface area (Å²) in [6, 6.07) is 10.4. The Morgan fingerprint density at radius 2 is 1.55 bits per heavy atom. The number of halogens is 2. The van der Waals surface area contributed by atoms with Gasteiger partial charge in [0.1, 0.15) is 11.4 Å². The Morgan fingerprint density at radius 1 is 0.974 bits per heavy atom. The number of hydrogen-bond acceptors (Lipinski definition) is 7. The number of Topliss-reactive ketones (excluding diaryl/α,β-unsaturated/α-hetero) is 2. The summed E-state index contributed by atoms with van der Waals surface area (Å²) in [6.07, 6.45) is 2.92. The van der Waals surface area contributed by atoms with Crippen molar-refractivity contribution in [1.82, 2.24) is 4.90 Å². The van der Waals surface area contributed by atoms with E-state index in [9.17, 15) is 27.9 Å². The number of nitrogens with zero attached hydrogens (tertiary/aromatic N) is 1. The number of carboxylic acid groups (broad SMARTS) is 1. The van der Waals surface area contributed by atoms with Gasteiger partial charge >= 0.3 is 16.1 Å². The first-order valence-electron chi connectivity index (χ1n) is 12.1. The zero-order chi connectivity index (χ0) is 27.2. The van der Waals surface area contributed by atoms with Gasteiger partial charge < -0.3 is 14.2 Å². The van der Waals surface area contributed by atoms with E-state index in [1.54, 1.807) is 17.0 Å². The fourth-order valence-electron chi connectivity index (χ4n) is 5.41. The van der Waals surface area contributed by atoms with Crippen LogP contribution in [0.4, 0.5) is 0 Å². The van der Waals surface area contributed by atoms with Crippen molar-refractivity contribution in [3.8, 4) is 5.75 Å². The highest BCUT2D eigenvalue weighted by atomic mass is 79.9. The number of carbonyl (C=O) groups excluding carboxylic acids is 2. The van der Waals surface area contributed by atoms with Crippen LogP contribution < -0.4 is 4.18 Å². The Labute approximate surface area is 233 Å². The summed E-state index contributed by atoms with van der Waals surface area (Å²) >= 11 is 9.26. The molecule has 0 bridgehead atoms. The molecule has 1 aliphatic heterocycles. The van der Waals surface area contributed by atoms with Gasteiger partial charge in [-0.05, 0) is 83.6 Å². The summed E-state index contributed by atoms with van der Waals surface area (Å²) in [4.78, 5) is 39.8. The summed E-state index contributed by atoms with van der Waals surface area (Å²) in [7, 11) is -4.14. The van der Waals surface area contributed by atoms with E-state index in [1.807, 2.05) is 0 Å². The van der Waals surface area contributed by atoms with Crippen molar-refractivity contribution in [2.24, 2.45) is 0 Å². The van der Waals surface area contributed by atoms with Crippen molar-refractivity contribution in [2.75, 3.05) is 6.54 Å². The molecule has 38 heavy (non-hydrogen) atoms. The predicted molar refractivity (Wildman–Crippen MR) is 142 cm³/mol. The molecule has 0 radical (unpaired) electrons. The van der Waals surface area contributed by atoms with E-state index >= 15 is 0 Å². The van der Waals surface area contributed by atoms with Crippen LogP contribution in [0.3, 0.4) is 0 Å². The van der Waals surface area contributed by atoms with Crippen molar-refractivity contribution in [2.45, 2.75) is 49.3 Å². The maximum Gasteiger partial charge on any atom is 0.339 e. The van der Waals surface area contributed by atoms with Gasteiger partial charge in [0.2, 0.25) is 0 Å². The van der Waals surface area contributed by atoms with Gasteiger partial charge in [-0.1, -0.05) is 17.7 Å². The van der Waals surface area contributed by atoms with Crippen molar-refractivity contribution in [3.63, 3.8) is 0 Å². The summed E-state index contributed by atoms with van der Waals surface area (Å²) in [5, 5.41) is 9.97. The minimum absolute atomic E-state index is 0.0420. The number of rotatable bonds is 6. The van der Waals surface area contributed by atoms with E-state index in [0.717, 1.165) is 0 Å². The van der Waals surface area contributed by atoms with Crippen molar-refractivity contribution < 1.29 is 32.1 Å². The molecule has 8 nitrogen and oxygen atoms in total. The fraction of sp³-hybridized carbons (Fsp3) is 0.296. The first-order valence-corrected chi connectivity index (χ1v) is 14.7. The maximum absolute atomic E-state index is 13.3. The van der Waals surface area contributed by atoms with Crippen LogP contribution in [0.15, 0.2) is 74.4 Å². The third-order valence-electron chi connectivity index (χ3n) is 6.97. The van der Waals surface area contributed by atoms with E-state index in [1.165, 1.54) is 30.3 Å². The normalized spacial score (nSPS) is 18.4. The Morgan fingerprint density at radius 3 is 2.08 bits per heavy atom. The Balaban J connectivity index is 1.58. The molecule has 198 valence electrons. The predicted octanol–water partition coefficient (Wildman–Crippen LogP) is 5.37. The van der Waals surface area contributed by atoms with Gasteiger partial charge in [-0.2, -0.15) is 8.42 Å². The highest BCUT2D eigenvalue weighted by molar-refractivity contribution is 9.10. The van der Waals surface area contributed by atoms with Crippen molar-refractivity contribution in [3.05, 3.63) is 80.1 Å². The standard InChI is InChI=1S/C27H23BrClNO7S/c28-18-13-15(7-12-23(18)37-38(35,36)17-10-8-16(29)9-11-17)25-26-19(3-1-5-21(26)31)30(14-24(33)34)20-4-2-6-22(32)27(20)25/h7-13,25H,1-6,14H2,(H,33,34). The van der Waals surface area contributed by atoms with E-state index in [0.29, 0.717) is 76.1 Å². The third-order valence-corrected chi connectivity index (χ3v) is 9.09. The van der Waals surface area contributed by atoms with Crippen LogP contribution in [0.2, 0.25) is 5.02 Å². The second-order valence-corrected chi connectivity index (χ2v) is 12.2. The van der Waals surface area contributed by atoms with Gasteiger partial charge in [0, 0.05) is 46.3 Å². The first-order chi connectivity index (χ1) is 18.1. The van der Waals surface area contributed by atoms with E-state index < -0.39 is 22.0 Å². The van der Waals surface area contributed by atoms with E-state index in [2.05, 4.69) is 15.9 Å². The van der Waals surface area contributed by atoms with Crippen LogP contribution in [-0.2, 0) is 24.5 Å². The molecule has 1 heterocycles. The molecule has 0 spiro atoms. The number of benzene rings is 2. The molecule has 0 saturated carbocycles. The molecular formula is C27H23BrClNO7S. The molecule has 0 atom stereocenters. The Hall–Kier alpha value is -2.95. The average Bonchev–Trinajstić information content (AvgIpc) is 2.86. The Bertz CT molecular complexity index is 1480. The molecule has 0 aromatic heterocycles. The largest absolute Gasteiger partial charge is 0.480 e. The molecule has 1 N–H and O–H groups in total. The zero-order valence-corrected chi connectivity index (χ0v) is 23.2. The van der Waals surface area contributed by atoms with Gasteiger partial charge in [0.15, 0.2) is 17.3 Å². The second-order valence-electron chi connectivity index (χ2n) is 9.37. The number of aliphatic carboxylic acids is 1. The smallest absolute Gasteiger partial charge is 0.339 e. The lowest BCUT2D eigenvalue weighted by Gasteiger charge is -2.43. The van der Waals surface area contributed by atoms with Crippen molar-refractivity contribution >= 4 is 55.2 Å². The highest BCUT2D eigenvalue weighted by Crippen LogP contribution is 2.49. The SMILES string of the molecule is O=C(O)CN1C2=C(C(=O)CCC2)C(c2ccc(OS(=O)(=O)c3ccc(Cl)cc3)c(Br)c2)C2=C1CCCC2=O. The molecule has 2 aromatic rings. The molecule has 0 amide bonds. The number of carboxylic acids is 1. The summed E-state index contributed by atoms with van der Waals surface area (Å²) in [6.45, 7) is -0.315. The van der Waals surface area contributed by atoms with Crippen LogP contribution >= 0.6 is 27.5 Å². The molecule has 0 unspecified atom stereocenters. The minimum atomic E-state index is -4.14. The molecule has 11 heteroatoms. The van der Waals surface area contributed by atoms with Crippen LogP contribution in [0.1, 0.15) is 50.0 Å². The molecular weight excluding hydrogens is 598 g/mol. The summed E-state index contributed by atoms with van der Waals surface area (Å²) in [5.74, 6) is -1.88. The maximum atomic E-state index is 13.3. The zero-order valence-electron chi connectivity index (χ0n) is 20.1. The van der Waals surface area contributed by atoms with Crippen LogP contribution in [0.5, 0.6) is 5.75 Å². The molecule has 5 rings (SSSR count). The van der Waals surface area contributed by atoms with Crippen molar-refractivity contribution in [1.29, 1.82) is 0 Å². The van der Waals surface area contributed by atoms with Crippen LogP contribution in [-0.4, -0.2) is 42.5 Å². The minimum Gasteiger partial charge on any atom is -0.480 e. The quantitative estimate of drug-likeness (QED) is 0.429. The first kappa shape index (κ1) is 26.6. The molecule has 0 saturated heterocycles. The fourth-order valence-corrected chi connectivity index (χ4v) is 7.07. The van der Waals surface area contributed by atoms with Gasteiger partial charge in [0.05, 0.1) is 4.47 Å². The van der Waals surface area contributed by atoms with E-state index in [4.69, 9.17) is 15.8 Å². The number of ketones is 2. The van der Waals surface area contributed by atoms with Gasteiger partial charge in [-0.3, -0.25) is 14.4 Å². The lowest BCUT2D eigenvalue weighted by atomic mass is 9.71. The lowest BCUT2D eigenvalue weighted by molar-refractivity contribution is -0.138. The van der Waals surface area contributed by atoms with Crippen LogP contribution in [0, 0.1) is 0 Å². The van der Waals surface area contributed by atoms with Gasteiger partial charge in [0.25, 0.3) is 0 Å². The third kappa shape index (κ3) is 4.92. The summed E-state index contributed by atoms with van der Waals surface area (Å²) in [5.41, 5.74) is 2.82. The molecule has 3 aliphatic rings. The summed E-state index contributed by atoms with van der Waals surface area (Å²) < 4.78 is 31.3. The average molecular weight is 621 g/mol. The number of allylic oxidation sites excluding steroid dienone is 4. The monoisotopic (exact) mass is 619 g/mol. The Kier molecular flexibility index (Phi) is 7.23. The molecule has 0 fully saturated rings. The van der Waals surface area contributed by atoms with Crippen LogP contribution in [0.25, 0.3) is 0 Å². The highest BCUT2D eigenvalue weighted by Gasteiger charge is 2.43. The molecule has 2 aromatic carbocycles. The number of carbonyl (C=O) groups is 3. The lowest BCUT2D eigenvalue weighted by Crippen LogP contribution is -2.41. The topological polar surface area (TPSA) is 118 Å². The second kappa shape index (κ2) is 10.3. The van der Waals surface area contributed by atoms with Gasteiger partial charge in [-0.15, -0.1) is 0 Å². The molecule has 2 aliphatic carbocycles.